The molecule has 0 aromatic carbocycles. The summed E-state index contributed by atoms with van der Waals surface area (Å²) in [4.78, 5) is 14.2. The maximum Gasteiger partial charge on any atom is 0.279 e. The lowest BCUT2D eigenvalue weighted by molar-refractivity contribution is 0.0948. The molecule has 1 atom stereocenters. The molecule has 1 heterocycles. The summed E-state index contributed by atoms with van der Waals surface area (Å²) in [5, 5.41) is 3.15. The number of aryl methyl sites for hydroxylation is 1. The van der Waals surface area contributed by atoms with Crippen LogP contribution in [0.1, 0.15) is 47.3 Å². The second-order valence-electron chi connectivity index (χ2n) is 6.52. The minimum atomic E-state index is -0.126. The second kappa shape index (κ2) is 6.32. The van der Waals surface area contributed by atoms with Crippen molar-refractivity contribution in [2.75, 3.05) is 7.05 Å². The van der Waals surface area contributed by atoms with E-state index in [1.165, 1.54) is 16.9 Å². The lowest BCUT2D eigenvalue weighted by Crippen LogP contribution is -2.45. The van der Waals surface area contributed by atoms with Crippen molar-refractivity contribution in [3.63, 3.8) is 0 Å². The number of amides is 1. The van der Waals surface area contributed by atoms with Crippen molar-refractivity contribution < 1.29 is 4.79 Å². The highest BCUT2D eigenvalue weighted by Gasteiger charge is 2.30. The molecule has 0 spiro atoms. The van der Waals surface area contributed by atoms with E-state index in [-0.39, 0.29) is 5.91 Å². The van der Waals surface area contributed by atoms with Crippen molar-refractivity contribution >= 4 is 34.6 Å². The number of hydrogen-bond acceptors (Lipinski definition) is 3. The van der Waals surface area contributed by atoms with Crippen LogP contribution in [0, 0.1) is 11.3 Å². The molecule has 4 nitrogen and oxygen atoms in total. The molecule has 3 N–H and O–H groups in total. The Morgan fingerprint density at radius 3 is 2.71 bits per heavy atom. The lowest BCUT2D eigenvalue weighted by Gasteiger charge is -2.33. The Hall–Kier alpha value is -1.14. The van der Waals surface area contributed by atoms with Gasteiger partial charge in [0, 0.05) is 11.9 Å². The van der Waals surface area contributed by atoms with E-state index in [0.717, 1.165) is 17.7 Å². The van der Waals surface area contributed by atoms with E-state index in [2.05, 4.69) is 36.9 Å². The molecule has 2 rings (SSSR count). The van der Waals surface area contributed by atoms with Crippen LogP contribution in [0.3, 0.4) is 0 Å². The van der Waals surface area contributed by atoms with Crippen molar-refractivity contribution in [1.82, 2.24) is 16.2 Å². The van der Waals surface area contributed by atoms with E-state index in [1.54, 1.807) is 18.4 Å². The average Bonchev–Trinajstić information content (AvgIpc) is 2.86. The van der Waals surface area contributed by atoms with Crippen LogP contribution in [-0.4, -0.2) is 18.1 Å². The first-order chi connectivity index (χ1) is 9.81. The molecular formula is C15H23N3OS2. The molecular weight excluding hydrogens is 302 g/mol. The van der Waals surface area contributed by atoms with Crippen molar-refractivity contribution in [3.05, 3.63) is 21.4 Å². The first-order valence-corrected chi connectivity index (χ1v) is 8.43. The van der Waals surface area contributed by atoms with Gasteiger partial charge in [0.2, 0.25) is 0 Å². The van der Waals surface area contributed by atoms with E-state index < -0.39 is 0 Å². The Labute approximate surface area is 135 Å². The molecule has 0 fully saturated rings. The van der Waals surface area contributed by atoms with E-state index >= 15 is 0 Å². The Kier molecular flexibility index (Phi) is 4.88. The highest BCUT2D eigenvalue weighted by molar-refractivity contribution is 7.80. The summed E-state index contributed by atoms with van der Waals surface area (Å²) >= 11 is 6.53. The first-order valence-electron chi connectivity index (χ1n) is 7.21. The minimum Gasteiger partial charge on any atom is -0.364 e. The smallest absolute Gasteiger partial charge is 0.279 e. The zero-order valence-electron chi connectivity index (χ0n) is 13.0. The molecule has 0 unspecified atom stereocenters. The summed E-state index contributed by atoms with van der Waals surface area (Å²) in [5.74, 6) is 0.560. The fourth-order valence-corrected chi connectivity index (χ4v) is 3.77. The van der Waals surface area contributed by atoms with Crippen LogP contribution in [0.5, 0.6) is 0 Å². The highest BCUT2D eigenvalue weighted by Crippen LogP contribution is 2.39. The van der Waals surface area contributed by atoms with Crippen molar-refractivity contribution in [2.45, 2.75) is 40.0 Å². The molecule has 1 aromatic rings. The number of carbonyl (C=O) groups is 1. The van der Waals surface area contributed by atoms with E-state index in [0.29, 0.717) is 16.4 Å². The molecule has 0 bridgehead atoms. The first kappa shape index (κ1) is 16.2. The van der Waals surface area contributed by atoms with Gasteiger partial charge >= 0.3 is 0 Å². The SMILES string of the molecule is CNC(=S)NNC(=O)c1cc2c(s1)CC[C@@H](C(C)(C)C)C2. The van der Waals surface area contributed by atoms with E-state index in [1.807, 2.05) is 6.07 Å². The van der Waals surface area contributed by atoms with Gasteiger partial charge in [-0.2, -0.15) is 0 Å². The molecule has 0 radical (unpaired) electrons. The second-order valence-corrected chi connectivity index (χ2v) is 8.07. The van der Waals surface area contributed by atoms with Gasteiger partial charge in [0.15, 0.2) is 5.11 Å². The average molecular weight is 326 g/mol. The summed E-state index contributed by atoms with van der Waals surface area (Å²) in [7, 11) is 1.71. The predicted molar refractivity (Wildman–Crippen MR) is 91.5 cm³/mol. The van der Waals surface area contributed by atoms with Gasteiger partial charge in [0.05, 0.1) is 4.88 Å². The standard InChI is InChI=1S/C15H23N3OS2/c1-15(2,3)10-5-6-11-9(7-10)8-12(21-11)13(19)17-18-14(20)16-4/h8,10H,5-7H2,1-4H3,(H,17,19)(H2,16,18,20)/t10-/m1/s1. The Morgan fingerprint density at radius 1 is 1.38 bits per heavy atom. The van der Waals surface area contributed by atoms with Gasteiger partial charge in [-0.25, -0.2) is 0 Å². The highest BCUT2D eigenvalue weighted by atomic mass is 32.1. The number of carbonyl (C=O) groups excluding carboxylic acids is 1. The zero-order valence-corrected chi connectivity index (χ0v) is 14.6. The fourth-order valence-electron chi connectivity index (χ4n) is 2.61. The minimum absolute atomic E-state index is 0.126. The fraction of sp³-hybridized carbons (Fsp3) is 0.600. The van der Waals surface area contributed by atoms with Gasteiger partial charge in [-0.05, 0) is 54.4 Å². The normalized spacial score (nSPS) is 17.8. The maximum absolute atomic E-state index is 12.1. The van der Waals surface area contributed by atoms with Crippen LogP contribution in [0.25, 0.3) is 0 Å². The van der Waals surface area contributed by atoms with Gasteiger partial charge < -0.3 is 5.32 Å². The number of thiocarbonyl (C=S) groups is 1. The van der Waals surface area contributed by atoms with Gasteiger partial charge in [-0.1, -0.05) is 20.8 Å². The van der Waals surface area contributed by atoms with Crippen LogP contribution in [0.2, 0.25) is 0 Å². The van der Waals surface area contributed by atoms with E-state index in [9.17, 15) is 4.79 Å². The van der Waals surface area contributed by atoms with E-state index in [4.69, 9.17) is 12.2 Å². The Bertz CT molecular complexity index is 546. The molecule has 0 saturated heterocycles. The summed E-state index contributed by atoms with van der Waals surface area (Å²) in [5.41, 5.74) is 6.95. The number of hydrazine groups is 1. The molecule has 1 aromatic heterocycles. The monoisotopic (exact) mass is 325 g/mol. The van der Waals surface area contributed by atoms with Crippen molar-refractivity contribution in [1.29, 1.82) is 0 Å². The Balaban J connectivity index is 2.04. The van der Waals surface area contributed by atoms with Gasteiger partial charge in [-0.3, -0.25) is 15.6 Å². The molecule has 0 aliphatic heterocycles. The summed E-state index contributed by atoms with van der Waals surface area (Å²) < 4.78 is 0. The molecule has 1 aliphatic rings. The largest absolute Gasteiger partial charge is 0.364 e. The quantitative estimate of drug-likeness (QED) is 0.549. The van der Waals surface area contributed by atoms with Crippen molar-refractivity contribution in [3.8, 4) is 0 Å². The molecule has 6 heteroatoms. The summed E-state index contributed by atoms with van der Waals surface area (Å²) in [6.07, 6.45) is 3.36. The molecule has 0 saturated carbocycles. The Morgan fingerprint density at radius 2 is 2.10 bits per heavy atom. The van der Waals surface area contributed by atoms with Crippen LogP contribution in [0.4, 0.5) is 0 Å². The number of thiophene rings is 1. The van der Waals surface area contributed by atoms with Crippen LogP contribution in [0.15, 0.2) is 6.07 Å². The lowest BCUT2D eigenvalue weighted by atomic mass is 9.72. The molecule has 1 aliphatic carbocycles. The third kappa shape index (κ3) is 3.95. The van der Waals surface area contributed by atoms with Gasteiger partial charge in [0.1, 0.15) is 0 Å². The van der Waals surface area contributed by atoms with Crippen LogP contribution in [-0.2, 0) is 12.8 Å². The molecule has 1 amide bonds. The number of hydrogen-bond donors (Lipinski definition) is 3. The van der Waals surface area contributed by atoms with Gasteiger partial charge in [-0.15, -0.1) is 11.3 Å². The van der Waals surface area contributed by atoms with Crippen molar-refractivity contribution in [2.24, 2.45) is 11.3 Å². The van der Waals surface area contributed by atoms with Gasteiger partial charge in [0.25, 0.3) is 5.91 Å². The summed E-state index contributed by atoms with van der Waals surface area (Å²) in [6, 6.07) is 2.04. The van der Waals surface area contributed by atoms with Crippen LogP contribution >= 0.6 is 23.6 Å². The maximum atomic E-state index is 12.1. The third-order valence-corrected chi connectivity index (χ3v) is 5.59. The topological polar surface area (TPSA) is 53.2 Å². The summed E-state index contributed by atoms with van der Waals surface area (Å²) in [6.45, 7) is 6.89. The molecule has 116 valence electrons. The zero-order chi connectivity index (χ0) is 15.6. The number of fused-ring (bicyclic) bond motifs is 1. The predicted octanol–water partition coefficient (Wildman–Crippen LogP) is 2.64. The third-order valence-electron chi connectivity index (χ3n) is 4.05. The number of rotatable bonds is 1. The number of nitrogens with one attached hydrogen (secondary N) is 3. The van der Waals surface area contributed by atoms with Crippen LogP contribution < -0.4 is 16.2 Å². The molecule has 21 heavy (non-hydrogen) atoms.